The van der Waals surface area contributed by atoms with Crippen molar-refractivity contribution in [2.24, 2.45) is 11.8 Å². The fourth-order valence-electron chi connectivity index (χ4n) is 2.90. The fraction of sp³-hybridized carbons (Fsp3) is 0.500. The molecule has 4 nitrogen and oxygen atoms in total. The van der Waals surface area contributed by atoms with E-state index in [9.17, 15) is 9.59 Å². The molecule has 1 aromatic rings. The Balaban J connectivity index is 2.00. The first-order chi connectivity index (χ1) is 10.0. The van der Waals surface area contributed by atoms with Crippen molar-refractivity contribution >= 4 is 23.6 Å². The lowest BCUT2D eigenvalue weighted by atomic mass is 9.96. The van der Waals surface area contributed by atoms with Gasteiger partial charge in [-0.3, -0.25) is 9.59 Å². The third-order valence-corrected chi connectivity index (χ3v) is 4.92. The number of rotatable bonds is 5. The lowest BCUT2D eigenvalue weighted by Crippen LogP contribution is -2.33. The van der Waals surface area contributed by atoms with Crippen molar-refractivity contribution in [3.05, 3.63) is 29.3 Å². The van der Waals surface area contributed by atoms with Gasteiger partial charge in [-0.1, -0.05) is 12.5 Å². The third-order valence-electron chi connectivity index (χ3n) is 4.19. The van der Waals surface area contributed by atoms with Gasteiger partial charge in [0.2, 0.25) is 0 Å². The average Bonchev–Trinajstić information content (AvgIpc) is 2.94. The van der Waals surface area contributed by atoms with Gasteiger partial charge in [-0.05, 0) is 49.6 Å². The monoisotopic (exact) mass is 307 g/mol. The van der Waals surface area contributed by atoms with Crippen LogP contribution in [-0.2, 0) is 4.79 Å². The quantitative estimate of drug-likeness (QED) is 0.821. The van der Waals surface area contributed by atoms with Crippen molar-refractivity contribution in [1.82, 2.24) is 5.32 Å². The van der Waals surface area contributed by atoms with Gasteiger partial charge in [-0.2, -0.15) is 0 Å². The smallest absolute Gasteiger partial charge is 0.306 e. The van der Waals surface area contributed by atoms with Gasteiger partial charge in [-0.25, -0.2) is 0 Å². The molecule has 5 heteroatoms. The van der Waals surface area contributed by atoms with E-state index in [-0.39, 0.29) is 17.7 Å². The maximum absolute atomic E-state index is 12.3. The molecule has 2 N–H and O–H groups in total. The van der Waals surface area contributed by atoms with Crippen molar-refractivity contribution in [2.45, 2.75) is 31.1 Å². The molecular weight excluding hydrogens is 286 g/mol. The summed E-state index contributed by atoms with van der Waals surface area (Å²) in [6, 6.07) is 5.82. The molecular formula is C16H21NO3S. The Morgan fingerprint density at radius 1 is 1.38 bits per heavy atom. The van der Waals surface area contributed by atoms with Crippen molar-refractivity contribution < 1.29 is 14.7 Å². The Morgan fingerprint density at radius 3 is 2.81 bits per heavy atom. The largest absolute Gasteiger partial charge is 0.481 e. The minimum absolute atomic E-state index is 0.0514. The molecule has 1 aromatic carbocycles. The fourth-order valence-corrected chi connectivity index (χ4v) is 3.34. The molecule has 0 aliphatic heterocycles. The topological polar surface area (TPSA) is 66.4 Å². The van der Waals surface area contributed by atoms with Crippen LogP contribution >= 0.6 is 11.8 Å². The number of hydrogen-bond acceptors (Lipinski definition) is 3. The van der Waals surface area contributed by atoms with Gasteiger partial charge < -0.3 is 10.4 Å². The number of carboxylic acid groups (broad SMARTS) is 1. The molecule has 0 aromatic heterocycles. The third kappa shape index (κ3) is 3.79. The summed E-state index contributed by atoms with van der Waals surface area (Å²) in [5, 5.41) is 12.1. The molecule has 1 saturated carbocycles. The molecule has 21 heavy (non-hydrogen) atoms. The predicted octanol–water partition coefficient (Wildman–Crippen LogP) is 2.95. The second-order valence-corrected chi connectivity index (χ2v) is 6.41. The van der Waals surface area contributed by atoms with Crippen LogP contribution in [0.2, 0.25) is 0 Å². The summed E-state index contributed by atoms with van der Waals surface area (Å²) >= 11 is 1.60. The number of carboxylic acids is 1. The molecule has 1 amide bonds. The predicted molar refractivity (Wildman–Crippen MR) is 83.8 cm³/mol. The summed E-state index contributed by atoms with van der Waals surface area (Å²) in [6.45, 7) is 2.35. The molecule has 1 aliphatic carbocycles. The van der Waals surface area contributed by atoms with Gasteiger partial charge >= 0.3 is 5.97 Å². The van der Waals surface area contributed by atoms with Crippen LogP contribution in [0, 0.1) is 18.8 Å². The van der Waals surface area contributed by atoms with Gasteiger partial charge in [0.1, 0.15) is 0 Å². The summed E-state index contributed by atoms with van der Waals surface area (Å²) < 4.78 is 0. The Bertz CT molecular complexity index is 544. The Morgan fingerprint density at radius 2 is 2.14 bits per heavy atom. The highest BCUT2D eigenvalue weighted by atomic mass is 32.2. The summed E-state index contributed by atoms with van der Waals surface area (Å²) in [5.74, 6) is -1.12. The van der Waals surface area contributed by atoms with Crippen molar-refractivity contribution in [3.8, 4) is 0 Å². The van der Waals surface area contributed by atoms with Gasteiger partial charge in [0, 0.05) is 17.0 Å². The first kappa shape index (κ1) is 15.9. The van der Waals surface area contributed by atoms with Gasteiger partial charge in [0.05, 0.1) is 5.92 Å². The Hall–Kier alpha value is -1.49. The molecule has 0 bridgehead atoms. The van der Waals surface area contributed by atoms with E-state index in [0.29, 0.717) is 12.1 Å². The highest BCUT2D eigenvalue weighted by molar-refractivity contribution is 7.98. The van der Waals surface area contributed by atoms with E-state index in [1.165, 1.54) is 0 Å². The molecule has 1 aliphatic rings. The lowest BCUT2D eigenvalue weighted by Gasteiger charge is -2.17. The second-order valence-electron chi connectivity index (χ2n) is 5.53. The maximum Gasteiger partial charge on any atom is 0.306 e. The first-order valence-electron chi connectivity index (χ1n) is 7.18. The number of benzene rings is 1. The molecule has 1 fully saturated rings. The van der Waals surface area contributed by atoms with Gasteiger partial charge in [-0.15, -0.1) is 11.8 Å². The summed E-state index contributed by atoms with van der Waals surface area (Å²) in [7, 11) is 0. The summed E-state index contributed by atoms with van der Waals surface area (Å²) in [6.07, 6.45) is 4.50. The first-order valence-corrected chi connectivity index (χ1v) is 8.41. The van der Waals surface area contributed by atoms with E-state index in [2.05, 4.69) is 5.32 Å². The van der Waals surface area contributed by atoms with E-state index in [0.717, 1.165) is 29.7 Å². The minimum Gasteiger partial charge on any atom is -0.481 e. The van der Waals surface area contributed by atoms with Crippen LogP contribution in [0.5, 0.6) is 0 Å². The summed E-state index contributed by atoms with van der Waals surface area (Å²) in [4.78, 5) is 24.5. The number of thioether (sulfide) groups is 1. The number of aliphatic carboxylic acids is 1. The highest BCUT2D eigenvalue weighted by Gasteiger charge is 2.32. The van der Waals surface area contributed by atoms with Crippen LogP contribution in [0.15, 0.2) is 23.1 Å². The van der Waals surface area contributed by atoms with Gasteiger partial charge in [0.25, 0.3) is 5.91 Å². The molecule has 0 heterocycles. The Labute approximate surface area is 129 Å². The minimum atomic E-state index is -0.743. The standard InChI is InChI=1S/C16H21NO3S/c1-10-6-7-12(21-2)8-14(10)15(18)17-9-11-4-3-5-13(11)16(19)20/h6-8,11,13H,3-5,9H2,1-2H3,(H,17,18)(H,19,20). The normalized spacial score (nSPS) is 21.2. The van der Waals surface area contributed by atoms with Crippen molar-refractivity contribution in [2.75, 3.05) is 12.8 Å². The molecule has 0 saturated heterocycles. The van der Waals surface area contributed by atoms with E-state index in [1.807, 2.05) is 31.4 Å². The summed E-state index contributed by atoms with van der Waals surface area (Å²) in [5.41, 5.74) is 1.61. The van der Waals surface area contributed by atoms with Crippen molar-refractivity contribution in [3.63, 3.8) is 0 Å². The molecule has 114 valence electrons. The molecule has 2 unspecified atom stereocenters. The number of nitrogens with one attached hydrogen (secondary N) is 1. The average molecular weight is 307 g/mol. The van der Waals surface area contributed by atoms with Crippen LogP contribution in [0.4, 0.5) is 0 Å². The number of amides is 1. The number of carbonyl (C=O) groups excluding carboxylic acids is 1. The number of carbonyl (C=O) groups is 2. The second kappa shape index (κ2) is 6.98. The van der Waals surface area contributed by atoms with Crippen LogP contribution in [0.3, 0.4) is 0 Å². The molecule has 0 spiro atoms. The number of aryl methyl sites for hydroxylation is 1. The lowest BCUT2D eigenvalue weighted by molar-refractivity contribution is -0.142. The van der Waals surface area contributed by atoms with Gasteiger partial charge in [0.15, 0.2) is 0 Å². The van der Waals surface area contributed by atoms with E-state index in [1.54, 1.807) is 11.8 Å². The van der Waals surface area contributed by atoms with E-state index < -0.39 is 5.97 Å². The SMILES string of the molecule is CSc1ccc(C)c(C(=O)NCC2CCCC2C(=O)O)c1. The Kier molecular flexibility index (Phi) is 5.28. The van der Waals surface area contributed by atoms with Crippen LogP contribution in [0.25, 0.3) is 0 Å². The zero-order valence-corrected chi connectivity index (χ0v) is 13.2. The molecule has 2 atom stereocenters. The van der Waals surface area contributed by atoms with Crippen LogP contribution < -0.4 is 5.32 Å². The van der Waals surface area contributed by atoms with Crippen LogP contribution in [0.1, 0.15) is 35.2 Å². The zero-order valence-electron chi connectivity index (χ0n) is 12.4. The van der Waals surface area contributed by atoms with Crippen LogP contribution in [-0.4, -0.2) is 29.8 Å². The van der Waals surface area contributed by atoms with E-state index >= 15 is 0 Å². The molecule has 0 radical (unpaired) electrons. The maximum atomic E-state index is 12.3. The van der Waals surface area contributed by atoms with E-state index in [4.69, 9.17) is 5.11 Å². The zero-order chi connectivity index (χ0) is 15.4. The highest BCUT2D eigenvalue weighted by Crippen LogP contribution is 2.31. The molecule has 2 rings (SSSR count). The van der Waals surface area contributed by atoms with Crippen molar-refractivity contribution in [1.29, 1.82) is 0 Å². The number of hydrogen-bond donors (Lipinski definition) is 2.